The molecule has 7 nitrogen and oxygen atoms in total. The van der Waals surface area contributed by atoms with Crippen molar-refractivity contribution in [2.24, 2.45) is 5.41 Å². The largest absolute Gasteiger partial charge is 0.396 e. The molecule has 1 aromatic heterocycles. The number of benzene rings is 1. The van der Waals surface area contributed by atoms with Gasteiger partial charge in [-0.15, -0.1) is 10.2 Å². The molecular formula is C18H24N4O3. The number of piperidine rings is 1. The molecule has 1 aromatic carbocycles. The van der Waals surface area contributed by atoms with Crippen LogP contribution in [0.3, 0.4) is 0 Å². The zero-order chi connectivity index (χ0) is 17.9. The minimum absolute atomic E-state index is 0.0485. The zero-order valence-corrected chi connectivity index (χ0v) is 14.4. The van der Waals surface area contributed by atoms with Crippen LogP contribution >= 0.6 is 0 Å². The standard InChI is InChI=1S/C18H24N4O3/c1-2-6-18(11-23)7-8-21(10-16(18)24)17(25)14-4-3-5-15(9-14)22-12-19-20-13-22/h3-5,9,12-13,16,23-24H,2,6-8,10-11H2,1H3/t16-,18+/m0/s1. The first kappa shape index (κ1) is 17.6. The predicted molar refractivity (Wildman–Crippen MR) is 92.3 cm³/mol. The molecule has 0 bridgehead atoms. The first-order valence-electron chi connectivity index (χ1n) is 8.63. The normalized spacial score (nSPS) is 23.6. The second kappa shape index (κ2) is 7.33. The molecule has 134 valence electrons. The number of β-amino-alcohol motifs (C(OH)–C–C–N with tert-alkyl or cyclic N) is 1. The van der Waals surface area contributed by atoms with E-state index in [1.165, 1.54) is 0 Å². The number of amides is 1. The van der Waals surface area contributed by atoms with Gasteiger partial charge in [-0.2, -0.15) is 0 Å². The molecule has 1 aliphatic heterocycles. The molecule has 2 N–H and O–H groups in total. The third-order valence-electron chi connectivity index (χ3n) is 5.14. The number of likely N-dealkylation sites (tertiary alicyclic amines) is 1. The van der Waals surface area contributed by atoms with Crippen LogP contribution in [0.4, 0.5) is 0 Å². The molecule has 2 aromatic rings. The fraction of sp³-hybridized carbons (Fsp3) is 0.500. The Bertz CT molecular complexity index is 719. The summed E-state index contributed by atoms with van der Waals surface area (Å²) in [5.74, 6) is -0.114. The highest BCUT2D eigenvalue weighted by Crippen LogP contribution is 2.36. The molecule has 0 unspecified atom stereocenters. The maximum atomic E-state index is 12.8. The lowest BCUT2D eigenvalue weighted by Crippen LogP contribution is -2.54. The summed E-state index contributed by atoms with van der Waals surface area (Å²) in [4.78, 5) is 14.5. The van der Waals surface area contributed by atoms with Gasteiger partial charge in [0.15, 0.2) is 0 Å². The van der Waals surface area contributed by atoms with E-state index in [2.05, 4.69) is 10.2 Å². The highest BCUT2D eigenvalue weighted by atomic mass is 16.3. The highest BCUT2D eigenvalue weighted by Gasteiger charge is 2.42. The molecule has 1 aliphatic rings. The van der Waals surface area contributed by atoms with Crippen molar-refractivity contribution >= 4 is 5.91 Å². The first-order valence-corrected chi connectivity index (χ1v) is 8.63. The van der Waals surface area contributed by atoms with Gasteiger partial charge in [0.1, 0.15) is 12.7 Å². The second-order valence-corrected chi connectivity index (χ2v) is 6.71. The third kappa shape index (κ3) is 3.43. The van der Waals surface area contributed by atoms with Crippen molar-refractivity contribution in [1.29, 1.82) is 0 Å². The maximum absolute atomic E-state index is 12.8. The van der Waals surface area contributed by atoms with Crippen LogP contribution in [0.5, 0.6) is 0 Å². The zero-order valence-electron chi connectivity index (χ0n) is 14.4. The van der Waals surface area contributed by atoms with Crippen LogP contribution in [0.1, 0.15) is 36.5 Å². The Morgan fingerprint density at radius 1 is 1.36 bits per heavy atom. The van der Waals surface area contributed by atoms with Crippen molar-refractivity contribution in [2.75, 3.05) is 19.7 Å². The number of hydrogen-bond donors (Lipinski definition) is 2. The van der Waals surface area contributed by atoms with Crippen molar-refractivity contribution < 1.29 is 15.0 Å². The van der Waals surface area contributed by atoms with E-state index in [0.29, 0.717) is 18.5 Å². The van der Waals surface area contributed by atoms with Gasteiger partial charge in [0.2, 0.25) is 0 Å². The van der Waals surface area contributed by atoms with Crippen LogP contribution in [0.2, 0.25) is 0 Å². The Labute approximate surface area is 146 Å². The fourth-order valence-corrected chi connectivity index (χ4v) is 3.57. The smallest absolute Gasteiger partial charge is 0.254 e. The molecule has 0 aliphatic carbocycles. The van der Waals surface area contributed by atoms with E-state index >= 15 is 0 Å². The van der Waals surface area contributed by atoms with Crippen molar-refractivity contribution in [3.8, 4) is 5.69 Å². The minimum atomic E-state index is -0.712. The summed E-state index contributed by atoms with van der Waals surface area (Å²) < 4.78 is 1.74. The van der Waals surface area contributed by atoms with Crippen LogP contribution < -0.4 is 0 Å². The molecule has 0 radical (unpaired) electrons. The lowest BCUT2D eigenvalue weighted by molar-refractivity contribution is -0.0713. The Morgan fingerprint density at radius 3 is 2.76 bits per heavy atom. The summed E-state index contributed by atoms with van der Waals surface area (Å²) in [5.41, 5.74) is 0.880. The number of carbonyl (C=O) groups excluding carboxylic acids is 1. The van der Waals surface area contributed by atoms with Crippen LogP contribution in [0, 0.1) is 5.41 Å². The van der Waals surface area contributed by atoms with Gasteiger partial charge >= 0.3 is 0 Å². The Kier molecular flexibility index (Phi) is 5.15. The number of aromatic nitrogens is 3. The van der Waals surface area contributed by atoms with E-state index in [4.69, 9.17) is 0 Å². The average molecular weight is 344 g/mol. The Hall–Kier alpha value is -2.25. The van der Waals surface area contributed by atoms with Crippen molar-refractivity contribution in [3.05, 3.63) is 42.5 Å². The van der Waals surface area contributed by atoms with Crippen LogP contribution in [0.15, 0.2) is 36.9 Å². The second-order valence-electron chi connectivity index (χ2n) is 6.71. The molecular weight excluding hydrogens is 320 g/mol. The SMILES string of the molecule is CCC[C@]1(CO)CCN(C(=O)c2cccc(-n3cnnc3)c2)C[C@@H]1O. The summed E-state index contributed by atoms with van der Waals surface area (Å²) in [7, 11) is 0. The number of rotatable bonds is 5. The molecule has 2 atom stereocenters. The summed E-state index contributed by atoms with van der Waals surface area (Å²) in [5, 5.41) is 27.8. The number of nitrogens with zero attached hydrogens (tertiary/aromatic N) is 4. The molecule has 1 saturated heterocycles. The van der Waals surface area contributed by atoms with Gasteiger partial charge in [-0.25, -0.2) is 0 Å². The first-order chi connectivity index (χ1) is 12.1. The molecule has 1 amide bonds. The number of hydrogen-bond acceptors (Lipinski definition) is 5. The van der Waals surface area contributed by atoms with Gasteiger partial charge in [-0.1, -0.05) is 19.4 Å². The van der Waals surface area contributed by atoms with Gasteiger partial charge in [0.25, 0.3) is 5.91 Å². The molecule has 2 heterocycles. The van der Waals surface area contributed by atoms with Crippen molar-refractivity contribution in [1.82, 2.24) is 19.7 Å². The number of aliphatic hydroxyl groups excluding tert-OH is 2. The summed E-state index contributed by atoms with van der Waals surface area (Å²) in [6.07, 6.45) is 4.71. The van der Waals surface area contributed by atoms with Gasteiger partial charge in [0.05, 0.1) is 12.7 Å². The molecule has 25 heavy (non-hydrogen) atoms. The summed E-state index contributed by atoms with van der Waals surface area (Å²) >= 11 is 0. The number of aliphatic hydroxyl groups is 2. The van der Waals surface area contributed by atoms with Gasteiger partial charge < -0.3 is 15.1 Å². The Morgan fingerprint density at radius 2 is 2.12 bits per heavy atom. The molecule has 0 saturated carbocycles. The topological polar surface area (TPSA) is 91.5 Å². The number of carbonyl (C=O) groups is 1. The Balaban J connectivity index is 1.75. The lowest BCUT2D eigenvalue weighted by Gasteiger charge is -2.44. The van der Waals surface area contributed by atoms with Gasteiger partial charge in [-0.3, -0.25) is 9.36 Å². The van der Waals surface area contributed by atoms with Gasteiger partial charge in [-0.05, 0) is 31.0 Å². The fourth-order valence-electron chi connectivity index (χ4n) is 3.57. The monoisotopic (exact) mass is 344 g/mol. The minimum Gasteiger partial charge on any atom is -0.396 e. The third-order valence-corrected chi connectivity index (χ3v) is 5.14. The van der Waals surface area contributed by atoms with E-state index in [-0.39, 0.29) is 19.1 Å². The predicted octanol–water partition coefficient (Wildman–Crippen LogP) is 1.25. The van der Waals surface area contributed by atoms with Crippen LogP contribution in [-0.4, -0.2) is 61.6 Å². The van der Waals surface area contributed by atoms with E-state index in [1.54, 1.807) is 34.3 Å². The quantitative estimate of drug-likeness (QED) is 0.852. The maximum Gasteiger partial charge on any atom is 0.254 e. The lowest BCUT2D eigenvalue weighted by atomic mass is 9.73. The highest BCUT2D eigenvalue weighted by molar-refractivity contribution is 5.94. The van der Waals surface area contributed by atoms with Crippen molar-refractivity contribution in [3.63, 3.8) is 0 Å². The summed E-state index contributed by atoms with van der Waals surface area (Å²) in [6.45, 7) is 2.77. The molecule has 1 fully saturated rings. The van der Waals surface area contributed by atoms with E-state index in [9.17, 15) is 15.0 Å². The van der Waals surface area contributed by atoms with E-state index in [0.717, 1.165) is 18.5 Å². The molecule has 0 spiro atoms. The van der Waals surface area contributed by atoms with Gasteiger partial charge in [0, 0.05) is 29.8 Å². The average Bonchev–Trinajstić information content (AvgIpc) is 3.18. The van der Waals surface area contributed by atoms with Crippen LogP contribution in [-0.2, 0) is 0 Å². The molecule has 3 rings (SSSR count). The van der Waals surface area contributed by atoms with E-state index < -0.39 is 11.5 Å². The molecule has 7 heteroatoms. The van der Waals surface area contributed by atoms with Crippen molar-refractivity contribution in [2.45, 2.75) is 32.3 Å². The summed E-state index contributed by atoms with van der Waals surface area (Å²) in [6, 6.07) is 7.25. The van der Waals surface area contributed by atoms with E-state index in [1.807, 2.05) is 19.1 Å². The van der Waals surface area contributed by atoms with Crippen LogP contribution in [0.25, 0.3) is 5.69 Å².